The van der Waals surface area contributed by atoms with Gasteiger partial charge in [0.15, 0.2) is 0 Å². The maximum atomic E-state index is 2.30. The summed E-state index contributed by atoms with van der Waals surface area (Å²) in [7, 11) is 0. The van der Waals surface area contributed by atoms with Crippen LogP contribution in [0.1, 0.15) is 76.0 Å². The van der Waals surface area contributed by atoms with Crippen LogP contribution in [0.2, 0.25) is 0 Å². The monoisotopic (exact) mass is 240 g/mol. The number of benzene rings is 1. The molecule has 0 N–H and O–H groups in total. The summed E-state index contributed by atoms with van der Waals surface area (Å²) in [4.78, 5) is 0. The molecule has 0 aliphatic rings. The minimum Gasteiger partial charge on any atom is -0.147 e. The second-order valence-corrected chi connectivity index (χ2v) is 5.31. The Hall–Kier alpha value is -0.490. The van der Waals surface area contributed by atoms with Crippen molar-refractivity contribution in [2.75, 3.05) is 0 Å². The lowest BCUT2D eigenvalue weighted by atomic mass is 9.83. The van der Waals surface area contributed by atoms with E-state index in [1.54, 1.807) is 5.56 Å². The normalized spacial score (nSPS) is 11.1. The molecule has 1 aromatic rings. The molecule has 0 radical (unpaired) electrons. The highest BCUT2D eigenvalue weighted by Gasteiger charge is 2.15. The van der Waals surface area contributed by atoms with Crippen LogP contribution in [0.4, 0.5) is 0 Å². The zero-order chi connectivity index (χ0) is 11.6. The van der Waals surface area contributed by atoms with E-state index >= 15 is 0 Å². The van der Waals surface area contributed by atoms with E-state index in [0.717, 1.165) is 0 Å². The predicted molar refractivity (Wildman–Crippen MR) is 76.0 cm³/mol. The van der Waals surface area contributed by atoms with E-state index in [-0.39, 0.29) is 12.4 Å². The highest BCUT2D eigenvalue weighted by Crippen LogP contribution is 2.32. The van der Waals surface area contributed by atoms with E-state index in [4.69, 9.17) is 0 Å². The highest BCUT2D eigenvalue weighted by molar-refractivity contribution is 5.85. The molecule has 0 nitrogen and oxygen atoms in total. The Labute approximate surface area is 107 Å². The summed E-state index contributed by atoms with van der Waals surface area (Å²) in [6.07, 6.45) is 0. The molecular formula is C15H25Cl. The van der Waals surface area contributed by atoms with Crippen LogP contribution < -0.4 is 0 Å². The number of rotatable bonds is 3. The standard InChI is InChI=1S/C15H24.ClH/c1-10(2)13-8-7-9-14(11(3)4)15(13)12(5)6;/h7-12H,1-6H3;1H. The van der Waals surface area contributed by atoms with Crippen LogP contribution in [0.3, 0.4) is 0 Å². The molecule has 0 aliphatic heterocycles. The molecule has 0 unspecified atom stereocenters. The van der Waals surface area contributed by atoms with Crippen LogP contribution in [0.25, 0.3) is 0 Å². The van der Waals surface area contributed by atoms with Gasteiger partial charge in [-0.1, -0.05) is 59.7 Å². The number of hydrogen-bond donors (Lipinski definition) is 0. The lowest BCUT2D eigenvalue weighted by Crippen LogP contribution is -2.04. The molecular weight excluding hydrogens is 216 g/mol. The lowest BCUT2D eigenvalue weighted by molar-refractivity contribution is 0.748. The van der Waals surface area contributed by atoms with E-state index in [9.17, 15) is 0 Å². The molecule has 0 aliphatic carbocycles. The van der Waals surface area contributed by atoms with Crippen molar-refractivity contribution < 1.29 is 0 Å². The summed E-state index contributed by atoms with van der Waals surface area (Å²) >= 11 is 0. The molecule has 16 heavy (non-hydrogen) atoms. The Kier molecular flexibility index (Phi) is 6.10. The predicted octanol–water partition coefficient (Wildman–Crippen LogP) is 5.48. The Balaban J connectivity index is 0.00000225. The first-order chi connectivity index (χ1) is 6.95. The van der Waals surface area contributed by atoms with Gasteiger partial charge < -0.3 is 0 Å². The average molecular weight is 241 g/mol. The highest BCUT2D eigenvalue weighted by atomic mass is 35.5. The van der Waals surface area contributed by atoms with Crippen LogP contribution in [0, 0.1) is 0 Å². The van der Waals surface area contributed by atoms with Gasteiger partial charge in [0.1, 0.15) is 0 Å². The number of hydrogen-bond acceptors (Lipinski definition) is 0. The molecule has 0 atom stereocenters. The van der Waals surface area contributed by atoms with Crippen LogP contribution in [-0.2, 0) is 0 Å². The van der Waals surface area contributed by atoms with Gasteiger partial charge in [-0.25, -0.2) is 0 Å². The van der Waals surface area contributed by atoms with Crippen molar-refractivity contribution in [3.8, 4) is 0 Å². The fourth-order valence-electron chi connectivity index (χ4n) is 2.28. The summed E-state index contributed by atoms with van der Waals surface area (Å²) in [5.41, 5.74) is 4.62. The minimum absolute atomic E-state index is 0. The Morgan fingerprint density at radius 3 is 1.31 bits per heavy atom. The van der Waals surface area contributed by atoms with Gasteiger partial charge in [-0.2, -0.15) is 0 Å². The van der Waals surface area contributed by atoms with Gasteiger partial charge in [-0.15, -0.1) is 12.4 Å². The fraction of sp³-hybridized carbons (Fsp3) is 0.600. The molecule has 1 heteroatoms. The molecule has 0 aromatic heterocycles. The molecule has 0 saturated carbocycles. The van der Waals surface area contributed by atoms with Crippen molar-refractivity contribution in [1.29, 1.82) is 0 Å². The van der Waals surface area contributed by atoms with E-state index < -0.39 is 0 Å². The van der Waals surface area contributed by atoms with E-state index in [1.165, 1.54) is 11.1 Å². The molecule has 0 spiro atoms. The van der Waals surface area contributed by atoms with Crippen molar-refractivity contribution in [3.63, 3.8) is 0 Å². The van der Waals surface area contributed by atoms with E-state index in [2.05, 4.69) is 59.7 Å². The smallest absolute Gasteiger partial charge is 0.0213 e. The molecule has 0 amide bonds. The quantitative estimate of drug-likeness (QED) is 0.657. The van der Waals surface area contributed by atoms with Crippen LogP contribution in [0.5, 0.6) is 0 Å². The summed E-state index contributed by atoms with van der Waals surface area (Å²) in [5.74, 6) is 1.88. The molecule has 1 rings (SSSR count). The molecule has 0 bridgehead atoms. The fourth-order valence-corrected chi connectivity index (χ4v) is 2.28. The van der Waals surface area contributed by atoms with Crippen molar-refractivity contribution in [3.05, 3.63) is 34.9 Å². The SMILES string of the molecule is CC(C)c1cccc(C(C)C)c1C(C)C.Cl. The summed E-state index contributed by atoms with van der Waals surface area (Å²) in [5, 5.41) is 0. The maximum Gasteiger partial charge on any atom is -0.0213 e. The summed E-state index contributed by atoms with van der Waals surface area (Å²) in [6.45, 7) is 13.7. The van der Waals surface area contributed by atoms with Crippen molar-refractivity contribution in [2.24, 2.45) is 0 Å². The summed E-state index contributed by atoms with van der Waals surface area (Å²) in [6, 6.07) is 6.77. The number of halogens is 1. The van der Waals surface area contributed by atoms with Gasteiger partial charge in [0.25, 0.3) is 0 Å². The third kappa shape index (κ3) is 3.25. The van der Waals surface area contributed by atoms with Gasteiger partial charge in [-0.05, 0) is 34.4 Å². The van der Waals surface area contributed by atoms with Crippen LogP contribution in [0.15, 0.2) is 18.2 Å². The third-order valence-electron chi connectivity index (χ3n) is 2.99. The average Bonchev–Trinajstić information content (AvgIpc) is 2.16. The topological polar surface area (TPSA) is 0 Å². The van der Waals surface area contributed by atoms with Crippen molar-refractivity contribution in [1.82, 2.24) is 0 Å². The molecule has 0 fully saturated rings. The van der Waals surface area contributed by atoms with E-state index in [1.807, 2.05) is 0 Å². The van der Waals surface area contributed by atoms with Crippen LogP contribution in [-0.4, -0.2) is 0 Å². The third-order valence-corrected chi connectivity index (χ3v) is 2.99. The maximum absolute atomic E-state index is 2.30. The molecule has 1 aromatic carbocycles. The zero-order valence-electron chi connectivity index (χ0n) is 11.4. The zero-order valence-corrected chi connectivity index (χ0v) is 12.2. The summed E-state index contributed by atoms with van der Waals surface area (Å²) < 4.78 is 0. The molecule has 0 saturated heterocycles. The Bertz CT molecular complexity index is 298. The van der Waals surface area contributed by atoms with Crippen molar-refractivity contribution >= 4 is 12.4 Å². The lowest BCUT2D eigenvalue weighted by Gasteiger charge is -2.22. The molecule has 92 valence electrons. The van der Waals surface area contributed by atoms with Gasteiger partial charge in [0.2, 0.25) is 0 Å². The molecule has 0 heterocycles. The first-order valence-corrected chi connectivity index (χ1v) is 6.07. The van der Waals surface area contributed by atoms with Gasteiger partial charge in [0.05, 0.1) is 0 Å². The minimum atomic E-state index is 0. The first-order valence-electron chi connectivity index (χ1n) is 6.07. The Morgan fingerprint density at radius 1 is 0.688 bits per heavy atom. The van der Waals surface area contributed by atoms with Crippen molar-refractivity contribution in [2.45, 2.75) is 59.3 Å². The first kappa shape index (κ1) is 15.5. The Morgan fingerprint density at radius 2 is 1.06 bits per heavy atom. The van der Waals surface area contributed by atoms with Gasteiger partial charge in [0, 0.05) is 0 Å². The van der Waals surface area contributed by atoms with Crippen LogP contribution >= 0.6 is 12.4 Å². The van der Waals surface area contributed by atoms with E-state index in [0.29, 0.717) is 17.8 Å². The largest absolute Gasteiger partial charge is 0.147 e. The second-order valence-electron chi connectivity index (χ2n) is 5.31. The second kappa shape index (κ2) is 6.30. The van der Waals surface area contributed by atoms with Gasteiger partial charge >= 0.3 is 0 Å². The van der Waals surface area contributed by atoms with Gasteiger partial charge in [-0.3, -0.25) is 0 Å².